The van der Waals surface area contributed by atoms with E-state index in [1.165, 1.54) is 25.1 Å². The van der Waals surface area contributed by atoms with Crippen molar-refractivity contribution in [3.8, 4) is 5.75 Å². The molecule has 1 fully saturated rings. The molecule has 1 aromatic rings. The molecule has 3 rings (SSSR count). The van der Waals surface area contributed by atoms with Crippen LogP contribution >= 0.6 is 0 Å². The SMILES string of the molecule is Cc1cccc(C(=O)N2N=C3CCCCCC3C2(O)C(F)(F)F)c1O. The van der Waals surface area contributed by atoms with E-state index in [1.807, 2.05) is 0 Å². The highest BCUT2D eigenvalue weighted by atomic mass is 19.4. The van der Waals surface area contributed by atoms with Gasteiger partial charge in [0.25, 0.3) is 11.6 Å². The van der Waals surface area contributed by atoms with Gasteiger partial charge in [0.2, 0.25) is 0 Å². The maximum absolute atomic E-state index is 13.8. The number of fused-ring (bicyclic) bond motifs is 1. The number of phenols is 1. The normalized spacial score (nSPS) is 26.8. The van der Waals surface area contributed by atoms with Gasteiger partial charge in [0.1, 0.15) is 5.75 Å². The summed E-state index contributed by atoms with van der Waals surface area (Å²) in [5, 5.41) is 24.6. The summed E-state index contributed by atoms with van der Waals surface area (Å²) in [4.78, 5) is 12.7. The molecule has 1 aliphatic heterocycles. The molecule has 0 aromatic heterocycles. The molecule has 0 saturated heterocycles. The van der Waals surface area contributed by atoms with E-state index in [4.69, 9.17) is 0 Å². The number of phenolic OH excluding ortho intramolecular Hbond substituents is 1. The molecule has 0 bridgehead atoms. The van der Waals surface area contributed by atoms with Crippen LogP contribution in [0.15, 0.2) is 23.3 Å². The fourth-order valence-electron chi connectivity index (χ4n) is 3.54. The van der Waals surface area contributed by atoms with Gasteiger partial charge >= 0.3 is 6.18 Å². The minimum atomic E-state index is -5.07. The number of alkyl halides is 3. The first-order valence-corrected chi connectivity index (χ1v) is 8.17. The summed E-state index contributed by atoms with van der Waals surface area (Å²) in [7, 11) is 0. The molecule has 1 heterocycles. The highest BCUT2D eigenvalue weighted by Gasteiger charge is 2.68. The molecule has 2 atom stereocenters. The Labute approximate surface area is 142 Å². The summed E-state index contributed by atoms with van der Waals surface area (Å²) in [6.07, 6.45) is -2.69. The predicted molar refractivity (Wildman–Crippen MR) is 84.0 cm³/mol. The Morgan fingerprint density at radius 1 is 1.32 bits per heavy atom. The van der Waals surface area contributed by atoms with Crippen LogP contribution in [0, 0.1) is 12.8 Å². The van der Waals surface area contributed by atoms with Crippen LogP contribution in [0.25, 0.3) is 0 Å². The number of carbonyl (C=O) groups excluding carboxylic acids is 1. The Morgan fingerprint density at radius 2 is 2.04 bits per heavy atom. The lowest BCUT2D eigenvalue weighted by molar-refractivity contribution is -0.312. The molecule has 136 valence electrons. The Balaban J connectivity index is 2.09. The van der Waals surface area contributed by atoms with E-state index in [1.54, 1.807) is 0 Å². The molecular weight excluding hydrogens is 337 g/mol. The summed E-state index contributed by atoms with van der Waals surface area (Å²) in [5.74, 6) is -2.85. The number of rotatable bonds is 1. The summed E-state index contributed by atoms with van der Waals surface area (Å²) < 4.78 is 41.3. The molecule has 0 spiro atoms. The number of carbonyl (C=O) groups is 1. The van der Waals surface area contributed by atoms with Crippen LogP contribution in [-0.4, -0.2) is 38.7 Å². The first kappa shape index (κ1) is 17.7. The molecule has 1 amide bonds. The molecule has 1 aliphatic carbocycles. The first-order valence-electron chi connectivity index (χ1n) is 8.17. The van der Waals surface area contributed by atoms with Gasteiger partial charge in [-0.2, -0.15) is 23.3 Å². The third-order valence-corrected chi connectivity index (χ3v) is 4.94. The van der Waals surface area contributed by atoms with Gasteiger partial charge in [0.15, 0.2) is 0 Å². The van der Waals surface area contributed by atoms with Crippen LogP contribution in [0.5, 0.6) is 5.75 Å². The second kappa shape index (κ2) is 6.01. The van der Waals surface area contributed by atoms with E-state index < -0.39 is 29.5 Å². The highest BCUT2D eigenvalue weighted by molar-refractivity contribution is 6.01. The van der Waals surface area contributed by atoms with E-state index in [0.717, 1.165) is 6.42 Å². The fourth-order valence-corrected chi connectivity index (χ4v) is 3.54. The van der Waals surface area contributed by atoms with Crippen molar-refractivity contribution in [2.75, 3.05) is 0 Å². The number of nitrogens with zero attached hydrogens (tertiary/aromatic N) is 2. The monoisotopic (exact) mass is 356 g/mol. The van der Waals surface area contributed by atoms with Crippen LogP contribution in [0.3, 0.4) is 0 Å². The largest absolute Gasteiger partial charge is 0.507 e. The smallest absolute Gasteiger partial charge is 0.439 e. The van der Waals surface area contributed by atoms with Crippen LogP contribution < -0.4 is 0 Å². The number of aromatic hydroxyl groups is 1. The lowest BCUT2D eigenvalue weighted by Crippen LogP contribution is -2.61. The van der Waals surface area contributed by atoms with Gasteiger partial charge in [0, 0.05) is 5.71 Å². The third kappa shape index (κ3) is 2.68. The zero-order valence-electron chi connectivity index (χ0n) is 13.7. The fraction of sp³-hybridized carbons (Fsp3) is 0.529. The van der Waals surface area contributed by atoms with Gasteiger partial charge in [-0.1, -0.05) is 25.0 Å². The molecule has 8 heteroatoms. The van der Waals surface area contributed by atoms with Crippen LogP contribution in [0.4, 0.5) is 13.2 Å². The summed E-state index contributed by atoms with van der Waals surface area (Å²) in [6, 6.07) is 4.20. The van der Waals surface area contributed by atoms with Crippen LogP contribution in [0.1, 0.15) is 48.0 Å². The van der Waals surface area contributed by atoms with Gasteiger partial charge in [0.05, 0.1) is 11.5 Å². The van der Waals surface area contributed by atoms with Crippen molar-refractivity contribution in [3.63, 3.8) is 0 Å². The zero-order valence-corrected chi connectivity index (χ0v) is 13.7. The van der Waals surface area contributed by atoms with Crippen molar-refractivity contribution in [1.82, 2.24) is 5.01 Å². The second-order valence-corrected chi connectivity index (χ2v) is 6.56. The maximum Gasteiger partial charge on any atom is 0.439 e. The Kier molecular flexibility index (Phi) is 4.26. The van der Waals surface area contributed by atoms with Gasteiger partial charge in [-0.05, 0) is 37.8 Å². The number of hydrazone groups is 1. The van der Waals surface area contributed by atoms with Crippen molar-refractivity contribution in [2.45, 2.75) is 50.9 Å². The number of benzene rings is 1. The third-order valence-electron chi connectivity index (χ3n) is 4.94. The number of para-hydroxylation sites is 1. The topological polar surface area (TPSA) is 73.1 Å². The first-order chi connectivity index (χ1) is 11.7. The van der Waals surface area contributed by atoms with Gasteiger partial charge in [-0.25, -0.2) is 0 Å². The molecule has 2 N–H and O–H groups in total. The summed E-state index contributed by atoms with van der Waals surface area (Å²) in [5.41, 5.74) is -3.16. The lowest BCUT2D eigenvalue weighted by Gasteiger charge is -2.37. The molecule has 2 unspecified atom stereocenters. The molecule has 25 heavy (non-hydrogen) atoms. The molecule has 1 aromatic carbocycles. The zero-order chi connectivity index (χ0) is 18.4. The van der Waals surface area contributed by atoms with Gasteiger partial charge in [-0.3, -0.25) is 4.79 Å². The Morgan fingerprint density at radius 3 is 2.72 bits per heavy atom. The van der Waals surface area contributed by atoms with Crippen LogP contribution in [0.2, 0.25) is 0 Å². The van der Waals surface area contributed by atoms with Crippen molar-refractivity contribution in [1.29, 1.82) is 0 Å². The number of hydrogen-bond donors (Lipinski definition) is 2. The second-order valence-electron chi connectivity index (χ2n) is 6.56. The predicted octanol–water partition coefficient (Wildman–Crippen LogP) is 3.34. The maximum atomic E-state index is 13.8. The Hall–Kier alpha value is -2.09. The standard InChI is InChI=1S/C17H19F3N2O3/c1-10-6-5-7-11(14(10)23)15(24)22-16(25,17(18,19)20)12-8-3-2-4-9-13(12)21-22/h5-7,12,23,25H,2-4,8-9H2,1H3. The average Bonchev–Trinajstić information content (AvgIpc) is 2.70. The van der Waals surface area contributed by atoms with Crippen molar-refractivity contribution >= 4 is 11.6 Å². The molecular formula is C17H19F3N2O3. The van der Waals surface area contributed by atoms with Gasteiger partial charge in [-0.15, -0.1) is 0 Å². The van der Waals surface area contributed by atoms with E-state index >= 15 is 0 Å². The van der Waals surface area contributed by atoms with Crippen LogP contribution in [-0.2, 0) is 0 Å². The van der Waals surface area contributed by atoms with E-state index in [9.17, 15) is 28.2 Å². The molecule has 1 saturated carbocycles. The summed E-state index contributed by atoms with van der Waals surface area (Å²) in [6.45, 7) is 1.53. The van der Waals surface area contributed by atoms with E-state index in [0.29, 0.717) is 24.8 Å². The van der Waals surface area contributed by atoms with E-state index in [2.05, 4.69) is 5.10 Å². The van der Waals surface area contributed by atoms with Gasteiger partial charge < -0.3 is 10.2 Å². The quantitative estimate of drug-likeness (QED) is 0.811. The molecule has 0 radical (unpaired) electrons. The van der Waals surface area contributed by atoms with Crippen molar-refractivity contribution < 1.29 is 28.2 Å². The average molecular weight is 356 g/mol. The number of amides is 1. The number of aryl methyl sites for hydroxylation is 1. The minimum Gasteiger partial charge on any atom is -0.507 e. The number of aliphatic hydroxyl groups is 1. The summed E-state index contributed by atoms with van der Waals surface area (Å²) >= 11 is 0. The number of hydrogen-bond acceptors (Lipinski definition) is 4. The highest BCUT2D eigenvalue weighted by Crippen LogP contribution is 2.48. The molecule has 2 aliphatic rings. The molecule has 5 nitrogen and oxygen atoms in total. The van der Waals surface area contributed by atoms with E-state index in [-0.39, 0.29) is 22.7 Å². The minimum absolute atomic E-state index is 0.110. The number of halogens is 3. The Bertz CT molecular complexity index is 732. The lowest BCUT2D eigenvalue weighted by atomic mass is 9.87. The van der Waals surface area contributed by atoms with Crippen molar-refractivity contribution in [2.24, 2.45) is 11.0 Å². The van der Waals surface area contributed by atoms with Crippen molar-refractivity contribution in [3.05, 3.63) is 29.3 Å².